The van der Waals surface area contributed by atoms with Crippen molar-refractivity contribution in [3.05, 3.63) is 65.4 Å². The van der Waals surface area contributed by atoms with Gasteiger partial charge in [-0.25, -0.2) is 15.0 Å². The molecule has 1 aromatic carbocycles. The average Bonchev–Trinajstić information content (AvgIpc) is 3.09. The Labute approximate surface area is 154 Å². The van der Waals surface area contributed by atoms with E-state index in [0.717, 1.165) is 54.8 Å². The van der Waals surface area contributed by atoms with Gasteiger partial charge in [0.2, 0.25) is 0 Å². The summed E-state index contributed by atoms with van der Waals surface area (Å²) in [5.41, 5.74) is 4.30. The lowest BCUT2D eigenvalue weighted by molar-refractivity contribution is 0.196. The molecule has 1 aliphatic rings. The van der Waals surface area contributed by atoms with Crippen LogP contribution in [0.4, 0.5) is 0 Å². The molecular weight excluding hydrogens is 322 g/mol. The Hall–Kier alpha value is -2.53. The molecule has 3 aromatic rings. The second kappa shape index (κ2) is 7.38. The third-order valence-electron chi connectivity index (χ3n) is 4.94. The molecule has 0 bridgehead atoms. The largest absolute Gasteiger partial charge is 0.341 e. The van der Waals surface area contributed by atoms with E-state index in [1.165, 1.54) is 12.0 Å². The first-order chi connectivity index (χ1) is 12.7. The van der Waals surface area contributed by atoms with E-state index in [-0.39, 0.29) is 0 Å². The summed E-state index contributed by atoms with van der Waals surface area (Å²) in [5, 5.41) is 0. The summed E-state index contributed by atoms with van der Waals surface area (Å²) in [7, 11) is 0. The van der Waals surface area contributed by atoms with Crippen molar-refractivity contribution in [2.75, 3.05) is 13.1 Å². The van der Waals surface area contributed by atoms with Crippen LogP contribution < -0.4 is 0 Å². The van der Waals surface area contributed by atoms with Gasteiger partial charge in [0.05, 0.1) is 0 Å². The van der Waals surface area contributed by atoms with Gasteiger partial charge in [0.1, 0.15) is 11.5 Å². The topological polar surface area (TPSA) is 57.7 Å². The molecule has 0 unspecified atom stereocenters. The van der Waals surface area contributed by atoms with Gasteiger partial charge < -0.3 is 4.98 Å². The first kappa shape index (κ1) is 16.9. The molecule has 0 radical (unpaired) electrons. The Balaban J connectivity index is 1.54. The minimum absolute atomic E-state index is 0.377. The molecule has 0 saturated carbocycles. The molecule has 134 valence electrons. The van der Waals surface area contributed by atoms with Crippen LogP contribution in [0.1, 0.15) is 41.5 Å². The number of rotatable bonds is 4. The van der Waals surface area contributed by atoms with E-state index in [9.17, 15) is 0 Å². The fourth-order valence-corrected chi connectivity index (χ4v) is 3.69. The third-order valence-corrected chi connectivity index (χ3v) is 4.94. The minimum Gasteiger partial charge on any atom is -0.341 e. The average molecular weight is 347 g/mol. The van der Waals surface area contributed by atoms with Crippen LogP contribution in [0.25, 0.3) is 11.5 Å². The maximum atomic E-state index is 4.85. The van der Waals surface area contributed by atoms with Crippen LogP contribution in [0.2, 0.25) is 0 Å². The van der Waals surface area contributed by atoms with E-state index in [0.29, 0.717) is 5.92 Å². The van der Waals surface area contributed by atoms with Crippen molar-refractivity contribution in [1.29, 1.82) is 0 Å². The van der Waals surface area contributed by atoms with Crippen molar-refractivity contribution >= 4 is 0 Å². The number of aryl methyl sites for hydroxylation is 2. The maximum Gasteiger partial charge on any atom is 0.156 e. The minimum atomic E-state index is 0.377. The fraction of sp³-hybridized carbons (Fsp3) is 0.381. The molecule has 3 heterocycles. The number of piperidine rings is 1. The Morgan fingerprint density at radius 1 is 1.15 bits per heavy atom. The summed E-state index contributed by atoms with van der Waals surface area (Å²) in [5.74, 6) is 2.15. The van der Waals surface area contributed by atoms with Crippen molar-refractivity contribution in [2.24, 2.45) is 0 Å². The van der Waals surface area contributed by atoms with Gasteiger partial charge in [0.15, 0.2) is 5.82 Å². The van der Waals surface area contributed by atoms with Crippen LogP contribution in [0, 0.1) is 13.8 Å². The highest BCUT2D eigenvalue weighted by atomic mass is 15.1. The van der Waals surface area contributed by atoms with Crippen LogP contribution in [-0.2, 0) is 6.54 Å². The molecule has 0 aliphatic carbocycles. The van der Waals surface area contributed by atoms with Crippen molar-refractivity contribution in [1.82, 2.24) is 24.8 Å². The van der Waals surface area contributed by atoms with Crippen LogP contribution in [0.3, 0.4) is 0 Å². The van der Waals surface area contributed by atoms with Crippen LogP contribution in [0.5, 0.6) is 0 Å². The fourth-order valence-electron chi connectivity index (χ4n) is 3.69. The van der Waals surface area contributed by atoms with E-state index in [2.05, 4.69) is 45.2 Å². The van der Waals surface area contributed by atoms with E-state index in [1.807, 2.05) is 26.1 Å². The highest BCUT2D eigenvalue weighted by Gasteiger charge is 2.24. The van der Waals surface area contributed by atoms with E-state index in [4.69, 9.17) is 9.97 Å². The first-order valence-corrected chi connectivity index (χ1v) is 9.31. The maximum absolute atomic E-state index is 4.85. The van der Waals surface area contributed by atoms with Gasteiger partial charge in [-0.15, -0.1) is 0 Å². The van der Waals surface area contributed by atoms with Gasteiger partial charge in [-0.2, -0.15) is 0 Å². The molecule has 1 fully saturated rings. The predicted molar refractivity (Wildman–Crippen MR) is 103 cm³/mol. The molecule has 1 atom stereocenters. The highest BCUT2D eigenvalue weighted by molar-refractivity contribution is 5.50. The summed E-state index contributed by atoms with van der Waals surface area (Å²) < 4.78 is 0. The molecule has 0 spiro atoms. The molecule has 5 heteroatoms. The highest BCUT2D eigenvalue weighted by Crippen LogP contribution is 2.27. The van der Waals surface area contributed by atoms with E-state index in [1.54, 1.807) is 0 Å². The second-order valence-corrected chi connectivity index (χ2v) is 7.23. The Kier molecular flexibility index (Phi) is 4.80. The Morgan fingerprint density at radius 2 is 2.00 bits per heavy atom. The molecule has 1 aliphatic heterocycles. The quantitative estimate of drug-likeness (QED) is 0.778. The second-order valence-electron chi connectivity index (χ2n) is 7.23. The zero-order chi connectivity index (χ0) is 17.9. The van der Waals surface area contributed by atoms with Gasteiger partial charge in [0.25, 0.3) is 0 Å². The lowest BCUT2D eigenvalue weighted by atomic mass is 9.96. The van der Waals surface area contributed by atoms with Crippen LogP contribution >= 0.6 is 0 Å². The monoisotopic (exact) mass is 347 g/mol. The number of aromatic amines is 1. The van der Waals surface area contributed by atoms with Gasteiger partial charge in [-0.3, -0.25) is 4.90 Å². The SMILES string of the molecule is Cc1cc(-c2ncc(C)[nH]2)nc([C@H]2CCCN(Cc3ccccc3)C2)n1. The number of aromatic nitrogens is 4. The first-order valence-electron chi connectivity index (χ1n) is 9.31. The molecule has 0 amide bonds. The number of benzene rings is 1. The van der Waals surface area contributed by atoms with Crippen molar-refractivity contribution in [3.8, 4) is 11.5 Å². The van der Waals surface area contributed by atoms with Crippen molar-refractivity contribution in [2.45, 2.75) is 39.2 Å². The lowest BCUT2D eigenvalue weighted by Crippen LogP contribution is -2.34. The van der Waals surface area contributed by atoms with Crippen molar-refractivity contribution < 1.29 is 0 Å². The summed E-state index contributed by atoms with van der Waals surface area (Å²) >= 11 is 0. The molecule has 4 rings (SSSR count). The molecular formula is C21H25N5. The number of nitrogens with zero attached hydrogens (tertiary/aromatic N) is 4. The number of nitrogens with one attached hydrogen (secondary N) is 1. The summed E-state index contributed by atoms with van der Waals surface area (Å²) in [6.45, 7) is 7.19. The normalized spacial score (nSPS) is 18.2. The van der Waals surface area contributed by atoms with Gasteiger partial charge in [-0.1, -0.05) is 30.3 Å². The van der Waals surface area contributed by atoms with E-state index < -0.39 is 0 Å². The number of imidazole rings is 1. The zero-order valence-corrected chi connectivity index (χ0v) is 15.4. The number of H-pyrrole nitrogens is 1. The van der Waals surface area contributed by atoms with Gasteiger partial charge in [0, 0.05) is 36.6 Å². The zero-order valence-electron chi connectivity index (χ0n) is 15.4. The summed E-state index contributed by atoms with van der Waals surface area (Å²) in [4.78, 5) is 19.8. The molecule has 5 nitrogen and oxygen atoms in total. The van der Waals surface area contributed by atoms with Gasteiger partial charge >= 0.3 is 0 Å². The molecule has 26 heavy (non-hydrogen) atoms. The molecule has 1 saturated heterocycles. The third kappa shape index (κ3) is 3.83. The Bertz CT molecular complexity index is 871. The van der Waals surface area contributed by atoms with Crippen LogP contribution in [0.15, 0.2) is 42.6 Å². The predicted octanol–water partition coefficient (Wildman–Crippen LogP) is 3.86. The summed E-state index contributed by atoms with van der Waals surface area (Å²) in [6, 6.07) is 12.7. The molecule has 2 aromatic heterocycles. The number of hydrogen-bond donors (Lipinski definition) is 1. The lowest BCUT2D eigenvalue weighted by Gasteiger charge is -2.32. The summed E-state index contributed by atoms with van der Waals surface area (Å²) in [6.07, 6.45) is 4.17. The Morgan fingerprint density at radius 3 is 2.77 bits per heavy atom. The van der Waals surface area contributed by atoms with Crippen LogP contribution in [-0.4, -0.2) is 37.9 Å². The number of hydrogen-bond acceptors (Lipinski definition) is 4. The molecule has 1 N–H and O–H groups in total. The smallest absolute Gasteiger partial charge is 0.156 e. The van der Waals surface area contributed by atoms with E-state index >= 15 is 0 Å². The van der Waals surface area contributed by atoms with Gasteiger partial charge in [-0.05, 0) is 44.9 Å². The van der Waals surface area contributed by atoms with Crippen molar-refractivity contribution in [3.63, 3.8) is 0 Å². The standard InChI is InChI=1S/C21H25N5/c1-15-11-19(21-22-12-16(2)24-21)25-20(23-15)18-9-6-10-26(14-18)13-17-7-4-3-5-8-17/h3-5,7-8,11-12,18H,6,9-10,13-14H2,1-2H3,(H,22,24)/t18-/m0/s1. The number of likely N-dealkylation sites (tertiary alicyclic amines) is 1.